The monoisotopic (exact) mass is 269 g/mol. The van der Waals surface area contributed by atoms with Crippen molar-refractivity contribution in [2.24, 2.45) is 11.8 Å². The van der Waals surface area contributed by atoms with Crippen molar-refractivity contribution in [3.63, 3.8) is 0 Å². The van der Waals surface area contributed by atoms with E-state index in [9.17, 15) is 0 Å². The predicted octanol–water partition coefficient (Wildman–Crippen LogP) is 4.47. The second-order valence-electron chi connectivity index (χ2n) is 6.61. The maximum absolute atomic E-state index is 3.95. The van der Waals surface area contributed by atoms with Crippen LogP contribution in [0.4, 0.5) is 0 Å². The molecule has 0 radical (unpaired) electrons. The first-order chi connectivity index (χ1) is 8.69. The molecule has 2 saturated carbocycles. The summed E-state index contributed by atoms with van der Waals surface area (Å²) in [6.07, 6.45) is 10.0. The van der Waals surface area contributed by atoms with Crippen molar-refractivity contribution >= 4 is 11.8 Å². The van der Waals surface area contributed by atoms with Gasteiger partial charge in [0.15, 0.2) is 0 Å². The van der Waals surface area contributed by atoms with Crippen LogP contribution >= 0.6 is 11.8 Å². The van der Waals surface area contributed by atoms with Crippen LogP contribution in [0, 0.1) is 11.8 Å². The van der Waals surface area contributed by atoms with Crippen molar-refractivity contribution in [2.45, 2.75) is 83.1 Å². The Balaban J connectivity index is 1.66. The Bertz CT molecular complexity index is 233. The Morgan fingerprint density at radius 1 is 1.00 bits per heavy atom. The van der Waals surface area contributed by atoms with E-state index in [2.05, 4.69) is 37.8 Å². The molecule has 0 amide bonds. The summed E-state index contributed by atoms with van der Waals surface area (Å²) >= 11 is 2.17. The minimum absolute atomic E-state index is 0.828. The minimum atomic E-state index is 0.828. The smallest absolute Gasteiger partial charge is 0.00805 e. The molecule has 2 atom stereocenters. The van der Waals surface area contributed by atoms with Gasteiger partial charge in [0.2, 0.25) is 0 Å². The Kier molecular flexibility index (Phi) is 5.88. The third-order valence-corrected chi connectivity index (χ3v) is 6.21. The molecule has 0 spiro atoms. The average molecular weight is 269 g/mol. The summed E-state index contributed by atoms with van der Waals surface area (Å²) in [6.45, 7) is 7.07. The lowest BCUT2D eigenvalue weighted by Crippen LogP contribution is -2.40. The molecule has 0 bridgehead atoms. The van der Waals surface area contributed by atoms with Gasteiger partial charge >= 0.3 is 0 Å². The zero-order valence-electron chi connectivity index (χ0n) is 12.5. The lowest BCUT2D eigenvalue weighted by molar-refractivity contribution is 0.228. The highest BCUT2D eigenvalue weighted by Gasteiger charge is 2.28. The Labute approximate surface area is 118 Å². The molecule has 2 rings (SSSR count). The first kappa shape index (κ1) is 14.7. The fraction of sp³-hybridized carbons (Fsp3) is 1.00. The van der Waals surface area contributed by atoms with E-state index in [0.29, 0.717) is 0 Å². The van der Waals surface area contributed by atoms with Crippen molar-refractivity contribution in [3.05, 3.63) is 0 Å². The number of nitrogens with one attached hydrogen (secondary N) is 1. The first-order valence-electron chi connectivity index (χ1n) is 8.06. The van der Waals surface area contributed by atoms with E-state index < -0.39 is 0 Å². The molecule has 1 nitrogen and oxygen atoms in total. The van der Waals surface area contributed by atoms with Crippen LogP contribution in [-0.4, -0.2) is 23.1 Å². The standard InChI is InChI=1S/C16H31NS/c1-4-18-16-10-9-15(11-16)17-14-7-5-13(6-8-14)12(2)3/h12-17H,4-11H2,1-3H3. The van der Waals surface area contributed by atoms with E-state index in [1.165, 1.54) is 50.7 Å². The molecule has 2 fully saturated rings. The fourth-order valence-electron chi connectivity index (χ4n) is 3.76. The molecule has 0 saturated heterocycles. The van der Waals surface area contributed by atoms with E-state index in [4.69, 9.17) is 0 Å². The number of rotatable bonds is 5. The van der Waals surface area contributed by atoms with Crippen molar-refractivity contribution in [3.8, 4) is 0 Å². The van der Waals surface area contributed by atoms with Gasteiger partial charge in [0.1, 0.15) is 0 Å². The van der Waals surface area contributed by atoms with Crippen LogP contribution < -0.4 is 5.32 Å². The molecule has 1 N–H and O–H groups in total. The molecule has 2 aliphatic rings. The largest absolute Gasteiger partial charge is 0.311 e. The van der Waals surface area contributed by atoms with E-state index in [1.807, 2.05) is 0 Å². The van der Waals surface area contributed by atoms with Gasteiger partial charge < -0.3 is 5.32 Å². The molecule has 0 aromatic heterocycles. The molecule has 0 heterocycles. The topological polar surface area (TPSA) is 12.0 Å². The zero-order chi connectivity index (χ0) is 13.0. The van der Waals surface area contributed by atoms with Gasteiger partial charge in [-0.05, 0) is 62.5 Å². The fourth-order valence-corrected chi connectivity index (χ4v) is 4.91. The van der Waals surface area contributed by atoms with Gasteiger partial charge in [-0.3, -0.25) is 0 Å². The summed E-state index contributed by atoms with van der Waals surface area (Å²) in [6, 6.07) is 1.66. The van der Waals surface area contributed by atoms with Crippen LogP contribution in [0.15, 0.2) is 0 Å². The Morgan fingerprint density at radius 3 is 2.28 bits per heavy atom. The van der Waals surface area contributed by atoms with E-state index in [0.717, 1.165) is 29.2 Å². The molecular formula is C16H31NS. The molecule has 106 valence electrons. The van der Waals surface area contributed by atoms with Crippen molar-refractivity contribution in [2.75, 3.05) is 5.75 Å². The van der Waals surface area contributed by atoms with Crippen LogP contribution in [0.5, 0.6) is 0 Å². The summed E-state index contributed by atoms with van der Waals surface area (Å²) in [4.78, 5) is 0. The van der Waals surface area contributed by atoms with Crippen LogP contribution in [-0.2, 0) is 0 Å². The zero-order valence-corrected chi connectivity index (χ0v) is 13.3. The minimum Gasteiger partial charge on any atom is -0.311 e. The van der Waals surface area contributed by atoms with E-state index >= 15 is 0 Å². The normalized spacial score (nSPS) is 37.3. The van der Waals surface area contributed by atoms with Gasteiger partial charge in [-0.2, -0.15) is 11.8 Å². The SMILES string of the molecule is CCSC1CCC(NC2CCC(C(C)C)CC2)C1. The van der Waals surface area contributed by atoms with Crippen LogP contribution in [0.3, 0.4) is 0 Å². The van der Waals surface area contributed by atoms with Gasteiger partial charge in [-0.15, -0.1) is 0 Å². The van der Waals surface area contributed by atoms with Crippen molar-refractivity contribution < 1.29 is 0 Å². The maximum atomic E-state index is 3.95. The quantitative estimate of drug-likeness (QED) is 0.790. The number of hydrogen-bond acceptors (Lipinski definition) is 2. The lowest BCUT2D eigenvalue weighted by atomic mass is 9.79. The summed E-state index contributed by atoms with van der Waals surface area (Å²) in [5.41, 5.74) is 0. The van der Waals surface area contributed by atoms with Crippen molar-refractivity contribution in [1.29, 1.82) is 0 Å². The van der Waals surface area contributed by atoms with E-state index in [1.54, 1.807) is 0 Å². The molecule has 0 aromatic carbocycles. The lowest BCUT2D eigenvalue weighted by Gasteiger charge is -2.33. The van der Waals surface area contributed by atoms with Gasteiger partial charge in [-0.1, -0.05) is 20.8 Å². The number of thioether (sulfide) groups is 1. The van der Waals surface area contributed by atoms with Gasteiger partial charge in [0, 0.05) is 17.3 Å². The van der Waals surface area contributed by atoms with Crippen molar-refractivity contribution in [1.82, 2.24) is 5.32 Å². The van der Waals surface area contributed by atoms with Gasteiger partial charge in [0.05, 0.1) is 0 Å². The third-order valence-electron chi connectivity index (χ3n) is 4.97. The Morgan fingerprint density at radius 2 is 1.67 bits per heavy atom. The van der Waals surface area contributed by atoms with Gasteiger partial charge in [-0.25, -0.2) is 0 Å². The highest BCUT2D eigenvalue weighted by molar-refractivity contribution is 7.99. The predicted molar refractivity (Wildman–Crippen MR) is 83.3 cm³/mol. The average Bonchev–Trinajstić information content (AvgIpc) is 2.78. The van der Waals surface area contributed by atoms with Crippen LogP contribution in [0.2, 0.25) is 0 Å². The van der Waals surface area contributed by atoms with E-state index in [-0.39, 0.29) is 0 Å². The highest BCUT2D eigenvalue weighted by atomic mass is 32.2. The van der Waals surface area contributed by atoms with Gasteiger partial charge in [0.25, 0.3) is 0 Å². The third kappa shape index (κ3) is 4.16. The molecular weight excluding hydrogens is 238 g/mol. The van der Waals surface area contributed by atoms with Crippen LogP contribution in [0.25, 0.3) is 0 Å². The molecule has 2 heteroatoms. The second-order valence-corrected chi connectivity index (χ2v) is 8.19. The summed E-state index contributed by atoms with van der Waals surface area (Å²) < 4.78 is 0. The molecule has 18 heavy (non-hydrogen) atoms. The summed E-state index contributed by atoms with van der Waals surface area (Å²) in [5.74, 6) is 3.18. The molecule has 2 aliphatic carbocycles. The highest BCUT2D eigenvalue weighted by Crippen LogP contribution is 2.33. The maximum Gasteiger partial charge on any atom is 0.00805 e. The molecule has 2 unspecified atom stereocenters. The molecule has 0 aromatic rings. The first-order valence-corrected chi connectivity index (χ1v) is 9.11. The number of hydrogen-bond donors (Lipinski definition) is 1. The summed E-state index contributed by atoms with van der Waals surface area (Å²) in [7, 11) is 0. The second kappa shape index (κ2) is 7.19. The molecule has 0 aliphatic heterocycles. The Hall–Kier alpha value is 0.310. The van der Waals surface area contributed by atoms with Crippen LogP contribution in [0.1, 0.15) is 65.7 Å². The summed E-state index contributed by atoms with van der Waals surface area (Å²) in [5, 5.41) is 4.90.